The van der Waals surface area contributed by atoms with Crippen LogP contribution in [0.1, 0.15) is 190 Å². The number of ether oxygens (including phenoxy) is 9. The number of alkyl halides is 6. The average Bonchev–Trinajstić information content (AvgIpc) is 1.65. The van der Waals surface area contributed by atoms with Crippen molar-refractivity contribution < 1.29 is 168 Å². The zero-order chi connectivity index (χ0) is 92.6. The minimum Gasteiger partial charge on any atom is -0.540 e. The number of fused-ring (bicyclic) bond motifs is 15. The molecule has 3 aromatic heterocycles. The van der Waals surface area contributed by atoms with Gasteiger partial charge in [0, 0.05) is 131 Å². The van der Waals surface area contributed by atoms with Crippen molar-refractivity contribution in [2.45, 2.75) is 283 Å². The van der Waals surface area contributed by atoms with Gasteiger partial charge in [0.05, 0.1) is 74.1 Å². The number of hydrogen-bond donors (Lipinski definition) is 3. The predicted octanol–water partition coefficient (Wildman–Crippen LogP) is 13.5. The normalized spacial score (nSPS) is 29.2. The maximum atomic E-state index is 15.1. The van der Waals surface area contributed by atoms with Crippen LogP contribution in [0.15, 0.2) is 54.6 Å². The van der Waals surface area contributed by atoms with Crippen molar-refractivity contribution in [2.24, 2.45) is 51.8 Å². The number of halogens is 6. The third kappa shape index (κ3) is 25.0. The molecular formula is C92H115F6N12O18V3-3. The number of carbonyl (C=O) groups is 6. The number of nitrogens with zero attached hydrogens (tertiary/aromatic N) is 9. The van der Waals surface area contributed by atoms with Crippen molar-refractivity contribution in [1.29, 1.82) is 0 Å². The van der Waals surface area contributed by atoms with Crippen molar-refractivity contribution in [3.63, 3.8) is 0 Å². The largest absolute Gasteiger partial charge is 0.540 e. The Morgan fingerprint density at radius 2 is 0.733 bits per heavy atom. The Morgan fingerprint density at radius 3 is 1.07 bits per heavy atom. The van der Waals surface area contributed by atoms with Crippen molar-refractivity contribution in [2.75, 3.05) is 41.0 Å². The van der Waals surface area contributed by atoms with Gasteiger partial charge in [-0.25, -0.2) is 89.5 Å². The van der Waals surface area contributed by atoms with Crippen molar-refractivity contribution >= 4 is 88.0 Å². The van der Waals surface area contributed by atoms with Gasteiger partial charge in [0.1, 0.15) is 89.1 Å². The number of amides is 6. The van der Waals surface area contributed by atoms with Gasteiger partial charge in [-0.1, -0.05) is 114 Å². The number of alkyl carbamates (subject to hydrolysis) is 3. The molecule has 3 N–H and O–H groups in total. The molecule has 6 bridgehead atoms. The molecule has 15 rings (SSSR count). The van der Waals surface area contributed by atoms with Gasteiger partial charge in [-0.3, -0.25) is 14.4 Å². The second-order valence-electron chi connectivity index (χ2n) is 38.5. The Balaban J connectivity index is 0.000000202. The minimum absolute atomic E-state index is 0. The number of carbonyl (C=O) groups excluding carboxylic acids is 9. The summed E-state index contributed by atoms with van der Waals surface area (Å²) in [7, 11) is 4.58. The molecule has 9 aliphatic rings. The molecule has 30 nitrogen and oxygen atoms in total. The molecule has 6 fully saturated rings. The van der Waals surface area contributed by atoms with Gasteiger partial charge in [0.25, 0.3) is 0 Å². The molecule has 711 valence electrons. The third-order valence-electron chi connectivity index (χ3n) is 25.9. The van der Waals surface area contributed by atoms with Crippen LogP contribution >= 0.6 is 0 Å². The molecule has 6 aromatic rings. The molecule has 3 aromatic carbocycles. The zero-order valence-electron chi connectivity index (χ0n) is 76.2. The molecule has 9 heterocycles. The maximum absolute atomic E-state index is 15.1. The van der Waals surface area contributed by atoms with Gasteiger partial charge in [-0.05, 0) is 127 Å². The van der Waals surface area contributed by atoms with Crippen molar-refractivity contribution in [3.8, 4) is 34.9 Å². The summed E-state index contributed by atoms with van der Waals surface area (Å²) in [5.41, 5.74) is 1.73. The van der Waals surface area contributed by atoms with E-state index in [1.807, 2.05) is 32.7 Å². The number of aryl methyl sites for hydroxylation is 3. The molecule has 131 heavy (non-hydrogen) atoms. The topological polar surface area (TPSA) is 360 Å². The molecule has 3 radical (unpaired) electrons. The zero-order valence-corrected chi connectivity index (χ0v) is 80.4. The Labute approximate surface area is 793 Å². The minimum atomic E-state index is -2.98. The van der Waals surface area contributed by atoms with Gasteiger partial charge in [0.15, 0.2) is 0 Å². The Morgan fingerprint density at radius 1 is 0.412 bits per heavy atom. The molecule has 3 aliphatic carbocycles. The van der Waals surface area contributed by atoms with Crippen LogP contribution in [0.25, 0.3) is 33.1 Å². The number of benzene rings is 3. The molecule has 0 unspecified atom stereocenters. The molecule has 39 heteroatoms. The summed E-state index contributed by atoms with van der Waals surface area (Å²) in [5, 5.41) is 8.00. The molecule has 6 aliphatic heterocycles. The second-order valence-corrected chi connectivity index (χ2v) is 38.5. The number of nitrogens with one attached hydrogen (secondary N) is 3. The first-order chi connectivity index (χ1) is 60.4. The maximum Gasteiger partial charge on any atom is 0.408 e. The van der Waals surface area contributed by atoms with E-state index in [4.69, 9.17) is 52.6 Å². The summed E-state index contributed by atoms with van der Waals surface area (Å²) in [6.45, 7) is 21.7. The van der Waals surface area contributed by atoms with Crippen LogP contribution in [0.2, 0.25) is 0 Å². The van der Waals surface area contributed by atoms with Gasteiger partial charge in [-0.15, -0.1) is 0 Å². The van der Waals surface area contributed by atoms with Crippen LogP contribution in [0, 0.1) is 51.8 Å². The summed E-state index contributed by atoms with van der Waals surface area (Å²) in [4.78, 5) is 149. The molecule has 3 saturated carbocycles. The number of aromatic nitrogens is 6. The SMILES string of the molecule is CC[C@@H]1[C@@H]2CN(C(=O)[C@H](C(C)(C)C)NC(=O)O[C@@H]3C[C@H]3CC(F)(F)CCCc3nc4ccc(OC)cc4nc3O2)[C@@H]1[C-]=O.CC[C@@H]1[C@@H]2CN(C(=O)[C@H](C(C)(C)C)NC(=O)O[C@@H]3C[C@H]3CCC(F)(F)CCc3nc4ccc(OC)cc4nc3O2)[C@@H]1[C-]=O.COc1ccc2nc3c(nc2c1)O[C@H]1CN(C(=O)[C@H](C(C)(C)C)NC(=O)O[C@@H]2C[C@H]2CCC(F)(F)CC3)[C@H]([C-]=O)[C@@H]1C.[V].[V].[V]. The monoisotopic (exact) mass is 1940 g/mol. The number of hydrogen-bond acceptors (Lipinski definition) is 24. The van der Waals surface area contributed by atoms with E-state index in [1.165, 1.54) is 36.0 Å². The first kappa shape index (κ1) is 104. The van der Waals surface area contributed by atoms with Crippen LogP contribution in [-0.2, 0) is 118 Å². The van der Waals surface area contributed by atoms with E-state index >= 15 is 17.6 Å². The van der Waals surface area contributed by atoms with Gasteiger partial charge >= 0.3 is 18.3 Å². The molecule has 6 amide bonds. The van der Waals surface area contributed by atoms with E-state index in [9.17, 15) is 51.9 Å². The van der Waals surface area contributed by atoms with E-state index < -0.39 is 186 Å². The van der Waals surface area contributed by atoms with Crippen molar-refractivity contribution in [3.05, 3.63) is 71.7 Å². The predicted molar refractivity (Wildman–Crippen MR) is 454 cm³/mol. The van der Waals surface area contributed by atoms with Gasteiger partial charge in [-0.2, -0.15) is 0 Å². The summed E-state index contributed by atoms with van der Waals surface area (Å²) in [6.07, 6.45) is 0.279. The summed E-state index contributed by atoms with van der Waals surface area (Å²) >= 11 is 0. The van der Waals surface area contributed by atoms with Crippen LogP contribution in [0.5, 0.6) is 34.9 Å². The summed E-state index contributed by atoms with van der Waals surface area (Å²) in [6, 6.07) is 9.50. The van der Waals surface area contributed by atoms with E-state index in [0.717, 1.165) is 0 Å². The van der Waals surface area contributed by atoms with E-state index in [-0.39, 0.29) is 174 Å². The van der Waals surface area contributed by atoms with Crippen molar-refractivity contribution in [1.82, 2.24) is 60.6 Å². The fourth-order valence-corrected chi connectivity index (χ4v) is 17.9. The standard InChI is InChI=1S/2C31H39F2N4O6.C30H37F2N4O6.3V/c1-6-19-23(16-38)37-15-25(19)42-27-21(34-20-8-7-18(41-5)14-22(20)35-27)10-12-31(32,33)11-9-17-13-24(17)43-29(40)36-26(28(37)39)30(2,3)4;1-6-19-23(16-38)37-15-25(19)42-27-21(34-20-10-9-18(41-5)13-22(20)35-27)8-7-11-31(32,33)14-17-12-24(17)43-29(40)36-26(28(37)39)30(2,3)4;1-16-22(15-37)36-14-24(16)41-26-20(33-19-7-6-18(40-5)13-21(19)34-26)9-11-30(31,32)10-8-17-12-23(17)42-28(39)35-25(27(36)38)29(2,3)4;;;/h7-8,14,17,19,23-26H,6,9-13,15H2,1-5H3,(H,36,40);9-10,13,17,19,23-26H,6-8,11-12,14-15H2,1-5H3,(H,36,40);6-7,13,16-17,22-25H,8-12,14H2,1-5H3,(H,35,39);;;/q3*-1;;;/t17-,19+,23-,24-,25+,26-;17-,19-,23+,24+,25-,26+;16-,17+,22+,23+,24-,25+;;;/m100.../s1. The molecular weight excluding hydrogens is 1830 g/mol. The first-order valence-corrected chi connectivity index (χ1v) is 44.1. The Hall–Kier alpha value is -8.96. The second kappa shape index (κ2) is 42.3. The van der Waals surface area contributed by atoms with E-state index in [2.05, 4.69) is 35.9 Å². The fraction of sp³-hybridized carbons (Fsp3) is 0.641. The van der Waals surface area contributed by atoms with Crippen LogP contribution in [0.3, 0.4) is 0 Å². The molecule has 18 atom stereocenters. The smallest absolute Gasteiger partial charge is 0.408 e. The van der Waals surface area contributed by atoms with Gasteiger partial charge in [0.2, 0.25) is 53.1 Å². The molecule has 3 saturated heterocycles. The fourth-order valence-electron chi connectivity index (χ4n) is 17.9. The van der Waals surface area contributed by atoms with Crippen LogP contribution < -0.4 is 44.4 Å². The molecule has 0 spiro atoms. The third-order valence-corrected chi connectivity index (χ3v) is 25.9. The Kier molecular flexibility index (Phi) is 33.6. The van der Waals surface area contributed by atoms with Crippen LogP contribution in [-0.4, -0.2) is 231 Å². The summed E-state index contributed by atoms with van der Waals surface area (Å²) < 4.78 is 142. The number of rotatable bonds is 8. The first-order valence-electron chi connectivity index (χ1n) is 44.1. The number of methoxy groups -OCH3 is 3. The van der Waals surface area contributed by atoms with Crippen LogP contribution in [0.4, 0.5) is 40.7 Å². The Bertz CT molecular complexity index is 5130. The van der Waals surface area contributed by atoms with E-state index in [1.54, 1.807) is 124 Å². The average molecular weight is 1940 g/mol. The van der Waals surface area contributed by atoms with Gasteiger partial charge < -0.3 is 87.7 Å². The summed E-state index contributed by atoms with van der Waals surface area (Å²) in [5.74, 6) is -10.5. The van der Waals surface area contributed by atoms with E-state index in [0.29, 0.717) is 88.1 Å². The quantitative estimate of drug-likeness (QED) is 0.0724.